The van der Waals surface area contributed by atoms with Gasteiger partial charge in [-0.15, -0.1) is 0 Å². The molecule has 3 nitrogen and oxygen atoms in total. The van der Waals surface area contributed by atoms with Crippen LogP contribution < -0.4 is 10.6 Å². The molecule has 0 atom stereocenters. The second kappa shape index (κ2) is 9.05. The van der Waals surface area contributed by atoms with Gasteiger partial charge >= 0.3 is 18.0 Å². The molecular formula is C20H14Br2F8N2O. The highest BCUT2D eigenvalue weighted by Crippen LogP contribution is 2.54. The fraction of sp³-hybridized carbons (Fsp3) is 0.350. The molecular weight excluding hydrogens is 596 g/mol. The van der Waals surface area contributed by atoms with E-state index in [1.165, 1.54) is 6.07 Å². The van der Waals surface area contributed by atoms with Crippen molar-refractivity contribution in [1.29, 1.82) is 0 Å². The van der Waals surface area contributed by atoms with Gasteiger partial charge in [0.25, 0.3) is 5.91 Å². The van der Waals surface area contributed by atoms with Gasteiger partial charge in [-0.3, -0.25) is 4.79 Å². The minimum Gasteiger partial charge on any atom is -0.382 e. The Balaban J connectivity index is 1.89. The second-order valence-electron chi connectivity index (χ2n) is 7.44. The molecule has 0 heterocycles. The maximum absolute atomic E-state index is 14.4. The van der Waals surface area contributed by atoms with E-state index < -0.39 is 44.3 Å². The van der Waals surface area contributed by atoms with E-state index in [-0.39, 0.29) is 29.1 Å². The topological polar surface area (TPSA) is 41.1 Å². The van der Waals surface area contributed by atoms with Gasteiger partial charge in [-0.2, -0.15) is 26.3 Å². The standard InChI is InChI=1S/C20H14Br2F8N2O/c21-12-6-11(18(24,19(25,26)27)20(28,29)30)7-13(22)16(12)32-17(33)10-3-4-14(23)15(5-10)31-8-9-1-2-9/h3-7,9,31H,1-2,8H2,(H,32,33). The molecule has 180 valence electrons. The molecule has 0 saturated heterocycles. The highest BCUT2D eigenvalue weighted by Gasteiger charge is 2.73. The van der Waals surface area contributed by atoms with Crippen molar-refractivity contribution in [3.8, 4) is 0 Å². The lowest BCUT2D eigenvalue weighted by atomic mass is 9.94. The lowest BCUT2D eigenvalue weighted by molar-refractivity contribution is -0.348. The van der Waals surface area contributed by atoms with Crippen molar-refractivity contribution in [2.24, 2.45) is 5.92 Å². The number of alkyl halides is 7. The van der Waals surface area contributed by atoms with Crippen LogP contribution in [-0.4, -0.2) is 24.8 Å². The Morgan fingerprint density at radius 2 is 1.48 bits per heavy atom. The minimum atomic E-state index is -6.28. The molecule has 0 radical (unpaired) electrons. The van der Waals surface area contributed by atoms with Crippen molar-refractivity contribution in [2.45, 2.75) is 30.9 Å². The molecule has 33 heavy (non-hydrogen) atoms. The van der Waals surface area contributed by atoms with Crippen molar-refractivity contribution in [3.05, 3.63) is 56.2 Å². The monoisotopic (exact) mass is 608 g/mol. The van der Waals surface area contributed by atoms with E-state index >= 15 is 0 Å². The lowest BCUT2D eigenvalue weighted by Crippen LogP contribution is -2.50. The molecule has 1 saturated carbocycles. The van der Waals surface area contributed by atoms with Crippen molar-refractivity contribution in [1.82, 2.24) is 0 Å². The molecule has 2 aromatic rings. The summed E-state index contributed by atoms with van der Waals surface area (Å²) in [7, 11) is 0. The van der Waals surface area contributed by atoms with Gasteiger partial charge in [-0.25, -0.2) is 8.78 Å². The summed E-state index contributed by atoms with van der Waals surface area (Å²) >= 11 is 5.56. The Kier molecular flexibility index (Phi) is 7.05. The van der Waals surface area contributed by atoms with E-state index in [0.29, 0.717) is 12.5 Å². The summed E-state index contributed by atoms with van der Waals surface area (Å²) in [5.74, 6) is -1.00. The van der Waals surface area contributed by atoms with Crippen LogP contribution in [0.15, 0.2) is 39.3 Å². The Labute approximate surface area is 199 Å². The van der Waals surface area contributed by atoms with Crippen LogP contribution in [0.1, 0.15) is 28.8 Å². The van der Waals surface area contributed by atoms with E-state index in [0.717, 1.165) is 25.0 Å². The summed E-state index contributed by atoms with van der Waals surface area (Å²) in [6.45, 7) is 0.518. The Bertz CT molecular complexity index is 1030. The first kappa shape index (κ1) is 25.7. The molecule has 0 unspecified atom stereocenters. The van der Waals surface area contributed by atoms with Gasteiger partial charge in [0.05, 0.1) is 11.4 Å². The smallest absolute Gasteiger partial charge is 0.382 e. The largest absolute Gasteiger partial charge is 0.435 e. The molecule has 0 bridgehead atoms. The summed E-state index contributed by atoms with van der Waals surface area (Å²) in [6, 6.07) is 4.00. The van der Waals surface area contributed by atoms with Gasteiger partial charge in [-0.1, -0.05) is 0 Å². The average molecular weight is 610 g/mol. The molecule has 2 aromatic carbocycles. The summed E-state index contributed by atoms with van der Waals surface area (Å²) in [6.07, 6.45) is -10.6. The number of hydrogen-bond donors (Lipinski definition) is 2. The Morgan fingerprint density at radius 3 is 1.97 bits per heavy atom. The van der Waals surface area contributed by atoms with Crippen LogP contribution in [-0.2, 0) is 5.67 Å². The van der Waals surface area contributed by atoms with Crippen LogP contribution in [0.3, 0.4) is 0 Å². The third-order valence-electron chi connectivity index (χ3n) is 4.97. The predicted octanol–water partition coefficient (Wildman–Crippen LogP) is 7.71. The first-order valence-electron chi connectivity index (χ1n) is 9.31. The number of hydrogen-bond acceptors (Lipinski definition) is 2. The van der Waals surface area contributed by atoms with Crippen LogP contribution in [0, 0.1) is 11.7 Å². The number of rotatable bonds is 6. The van der Waals surface area contributed by atoms with Crippen molar-refractivity contribution in [3.63, 3.8) is 0 Å². The van der Waals surface area contributed by atoms with Crippen LogP contribution in [0.2, 0.25) is 0 Å². The SMILES string of the molecule is O=C(Nc1c(Br)cc(C(F)(C(F)(F)F)C(F)(F)F)cc1Br)c1ccc(F)c(NCC2CC2)c1. The third-order valence-corrected chi connectivity index (χ3v) is 6.22. The van der Waals surface area contributed by atoms with Crippen LogP contribution in [0.25, 0.3) is 0 Å². The highest BCUT2D eigenvalue weighted by molar-refractivity contribution is 9.11. The van der Waals surface area contributed by atoms with Gasteiger partial charge in [-0.05, 0) is 81.0 Å². The first-order valence-corrected chi connectivity index (χ1v) is 10.9. The zero-order valence-corrected chi connectivity index (χ0v) is 19.4. The molecule has 0 aromatic heterocycles. The van der Waals surface area contributed by atoms with Crippen molar-refractivity contribution >= 4 is 49.1 Å². The first-order chi connectivity index (χ1) is 15.1. The Morgan fingerprint density at radius 1 is 0.939 bits per heavy atom. The molecule has 1 fully saturated rings. The molecule has 0 spiro atoms. The predicted molar refractivity (Wildman–Crippen MR) is 112 cm³/mol. The summed E-state index contributed by atoms with van der Waals surface area (Å²) in [4.78, 5) is 12.6. The maximum atomic E-state index is 14.4. The van der Waals surface area contributed by atoms with Crippen molar-refractivity contribution in [2.75, 3.05) is 17.2 Å². The number of carbonyl (C=O) groups excluding carboxylic acids is 1. The lowest BCUT2D eigenvalue weighted by Gasteiger charge is -2.31. The van der Waals surface area contributed by atoms with Crippen molar-refractivity contribution < 1.29 is 39.9 Å². The maximum Gasteiger partial charge on any atom is 0.435 e. The molecule has 1 aliphatic rings. The number of anilines is 2. The third kappa shape index (κ3) is 5.28. The zero-order valence-electron chi connectivity index (χ0n) is 16.3. The summed E-state index contributed by atoms with van der Waals surface area (Å²) in [5.41, 5.74) is -7.56. The normalized spacial score (nSPS) is 14.8. The van der Waals surface area contributed by atoms with E-state index in [9.17, 15) is 39.9 Å². The van der Waals surface area contributed by atoms with Crippen LogP contribution in [0.4, 0.5) is 46.5 Å². The molecule has 1 amide bonds. The molecule has 0 aliphatic heterocycles. The fourth-order valence-corrected chi connectivity index (χ4v) is 4.33. The quantitative estimate of drug-likeness (QED) is 0.329. The van der Waals surface area contributed by atoms with E-state index in [1.54, 1.807) is 0 Å². The van der Waals surface area contributed by atoms with Gasteiger partial charge < -0.3 is 10.6 Å². The molecule has 2 N–H and O–H groups in total. The van der Waals surface area contributed by atoms with Crippen LogP contribution >= 0.6 is 31.9 Å². The van der Waals surface area contributed by atoms with Gasteiger partial charge in [0.2, 0.25) is 0 Å². The molecule has 3 rings (SSSR count). The van der Waals surface area contributed by atoms with E-state index in [1.807, 2.05) is 0 Å². The Hall–Kier alpha value is -1.89. The molecule has 1 aliphatic carbocycles. The van der Waals surface area contributed by atoms with Gasteiger partial charge in [0.1, 0.15) is 5.82 Å². The number of amides is 1. The van der Waals surface area contributed by atoms with E-state index in [4.69, 9.17) is 0 Å². The average Bonchev–Trinajstić information content (AvgIpc) is 3.51. The number of halogens is 10. The zero-order chi connectivity index (χ0) is 24.8. The summed E-state index contributed by atoms with van der Waals surface area (Å²) < 4.78 is 106. The number of nitrogens with one attached hydrogen (secondary N) is 2. The van der Waals surface area contributed by atoms with E-state index in [2.05, 4.69) is 42.5 Å². The molecule has 13 heteroatoms. The fourth-order valence-electron chi connectivity index (χ4n) is 2.94. The summed E-state index contributed by atoms with van der Waals surface area (Å²) in [5, 5.41) is 5.19. The second-order valence-corrected chi connectivity index (χ2v) is 9.15. The number of carbonyl (C=O) groups is 1. The minimum absolute atomic E-state index is 0.0250. The van der Waals surface area contributed by atoms with Gasteiger partial charge in [0, 0.05) is 26.6 Å². The van der Waals surface area contributed by atoms with Gasteiger partial charge in [0.15, 0.2) is 0 Å². The van der Waals surface area contributed by atoms with Crippen LogP contribution in [0.5, 0.6) is 0 Å². The highest BCUT2D eigenvalue weighted by atomic mass is 79.9. The number of benzene rings is 2.